The molecule has 0 saturated carbocycles. The van der Waals surface area contributed by atoms with Crippen LogP contribution in [0.15, 0.2) is 35.4 Å². The highest BCUT2D eigenvalue weighted by Crippen LogP contribution is 2.42. The smallest absolute Gasteiger partial charge is 0.254 e. The van der Waals surface area contributed by atoms with Gasteiger partial charge in [-0.3, -0.25) is 9.89 Å². The van der Waals surface area contributed by atoms with Crippen LogP contribution in [0.2, 0.25) is 0 Å². The largest absolute Gasteiger partial charge is 0.335 e. The maximum absolute atomic E-state index is 15.4. The first-order valence-corrected chi connectivity index (χ1v) is 10.3. The molecular formula is C18H19FN4OS2. The van der Waals surface area contributed by atoms with E-state index in [0.717, 1.165) is 16.9 Å². The molecule has 1 aliphatic rings. The Kier molecular flexibility index (Phi) is 4.62. The van der Waals surface area contributed by atoms with Gasteiger partial charge in [-0.15, -0.1) is 22.7 Å². The zero-order chi connectivity index (χ0) is 18.1. The fourth-order valence-corrected chi connectivity index (χ4v) is 5.12. The van der Waals surface area contributed by atoms with Crippen LogP contribution in [0.5, 0.6) is 0 Å². The third-order valence-corrected chi connectivity index (χ3v) is 6.86. The van der Waals surface area contributed by atoms with Crippen molar-refractivity contribution in [1.82, 2.24) is 20.1 Å². The van der Waals surface area contributed by atoms with Crippen molar-refractivity contribution in [3.63, 3.8) is 0 Å². The Labute approximate surface area is 158 Å². The number of aromatic nitrogens is 3. The van der Waals surface area contributed by atoms with E-state index in [-0.39, 0.29) is 11.9 Å². The monoisotopic (exact) mass is 390 g/mol. The Bertz CT molecular complexity index is 877. The highest BCUT2D eigenvalue weighted by molar-refractivity contribution is 7.13. The fourth-order valence-electron chi connectivity index (χ4n) is 3.49. The minimum Gasteiger partial charge on any atom is -0.335 e. The van der Waals surface area contributed by atoms with Crippen molar-refractivity contribution in [2.75, 3.05) is 6.54 Å². The molecule has 136 valence electrons. The number of nitrogens with zero attached hydrogens (tertiary/aromatic N) is 3. The number of H-pyrrole nitrogens is 1. The maximum Gasteiger partial charge on any atom is 0.254 e. The summed E-state index contributed by atoms with van der Waals surface area (Å²) in [7, 11) is 0. The topological polar surface area (TPSA) is 61.9 Å². The van der Waals surface area contributed by atoms with E-state index in [0.29, 0.717) is 30.0 Å². The highest BCUT2D eigenvalue weighted by atomic mass is 32.1. The number of halogens is 1. The van der Waals surface area contributed by atoms with Crippen LogP contribution in [0.1, 0.15) is 41.6 Å². The second-order valence-corrected chi connectivity index (χ2v) is 8.31. The van der Waals surface area contributed by atoms with E-state index in [4.69, 9.17) is 0 Å². The van der Waals surface area contributed by atoms with E-state index in [1.807, 2.05) is 23.3 Å². The zero-order valence-electron chi connectivity index (χ0n) is 14.3. The molecule has 1 aliphatic heterocycles. The van der Waals surface area contributed by atoms with Crippen molar-refractivity contribution < 1.29 is 9.18 Å². The van der Waals surface area contributed by atoms with Gasteiger partial charge in [0.15, 0.2) is 5.67 Å². The number of piperidine rings is 1. The van der Waals surface area contributed by atoms with Crippen LogP contribution in [0, 0.1) is 0 Å². The Morgan fingerprint density at radius 2 is 2.38 bits per heavy atom. The van der Waals surface area contributed by atoms with Crippen LogP contribution in [0.3, 0.4) is 0 Å². The number of thiophene rings is 1. The minimum atomic E-state index is -1.43. The Morgan fingerprint density at radius 3 is 3.08 bits per heavy atom. The lowest BCUT2D eigenvalue weighted by molar-refractivity contribution is 0.0138. The van der Waals surface area contributed by atoms with Crippen LogP contribution in [-0.2, 0) is 5.67 Å². The van der Waals surface area contributed by atoms with Gasteiger partial charge in [0.2, 0.25) is 0 Å². The number of aromatic amines is 1. The van der Waals surface area contributed by atoms with Gasteiger partial charge in [-0.1, -0.05) is 6.92 Å². The van der Waals surface area contributed by atoms with E-state index >= 15 is 4.39 Å². The predicted octanol–water partition coefficient (Wildman–Crippen LogP) is 4.47. The van der Waals surface area contributed by atoms with Crippen molar-refractivity contribution in [3.8, 4) is 10.4 Å². The molecule has 0 aliphatic carbocycles. The number of rotatable bonds is 4. The molecular weight excluding hydrogens is 371 g/mol. The van der Waals surface area contributed by atoms with Crippen molar-refractivity contribution >= 4 is 28.6 Å². The minimum absolute atomic E-state index is 0.0240. The summed E-state index contributed by atoms with van der Waals surface area (Å²) >= 11 is 2.87. The van der Waals surface area contributed by atoms with Crippen molar-refractivity contribution in [3.05, 3.63) is 46.0 Å². The standard InChI is InChI=1S/C18H19FN4OS2/c1-2-14-8-18(19,17-20-4-6-25-17)3-5-23(14)16(24)12-7-15(26-11-12)13-9-21-22-10-13/h4,6-7,9-11,14H,2-3,5,8H2,1H3,(H,21,22). The summed E-state index contributed by atoms with van der Waals surface area (Å²) in [6, 6.07) is 1.77. The summed E-state index contributed by atoms with van der Waals surface area (Å²) in [6.07, 6.45) is 6.51. The molecule has 4 heterocycles. The zero-order valence-corrected chi connectivity index (χ0v) is 15.9. The third-order valence-electron chi connectivity index (χ3n) is 4.93. The van der Waals surface area contributed by atoms with Crippen molar-refractivity contribution in [2.24, 2.45) is 0 Å². The predicted molar refractivity (Wildman–Crippen MR) is 101 cm³/mol. The van der Waals surface area contributed by atoms with E-state index in [1.165, 1.54) is 22.7 Å². The van der Waals surface area contributed by atoms with E-state index < -0.39 is 5.67 Å². The van der Waals surface area contributed by atoms with Gasteiger partial charge < -0.3 is 4.90 Å². The molecule has 0 bridgehead atoms. The summed E-state index contributed by atoms with van der Waals surface area (Å²) in [4.78, 5) is 20.0. The quantitative estimate of drug-likeness (QED) is 0.715. The van der Waals surface area contributed by atoms with Gasteiger partial charge in [0.05, 0.1) is 11.8 Å². The van der Waals surface area contributed by atoms with Crippen LogP contribution in [0.4, 0.5) is 4.39 Å². The highest BCUT2D eigenvalue weighted by Gasteiger charge is 2.44. The molecule has 1 amide bonds. The Hall–Kier alpha value is -2.06. The summed E-state index contributed by atoms with van der Waals surface area (Å²) < 4.78 is 15.4. The number of nitrogens with one attached hydrogen (secondary N) is 1. The van der Waals surface area contributed by atoms with Gasteiger partial charge in [-0.25, -0.2) is 9.37 Å². The SMILES string of the molecule is CCC1CC(F)(c2nccs2)CCN1C(=O)c1csc(-c2cn[nH]c2)c1. The molecule has 4 rings (SSSR count). The van der Waals surface area contributed by atoms with Gasteiger partial charge in [0.1, 0.15) is 5.01 Å². The van der Waals surface area contributed by atoms with Crippen LogP contribution in [-0.4, -0.2) is 38.6 Å². The first-order valence-electron chi connectivity index (χ1n) is 8.58. The molecule has 2 unspecified atom stereocenters. The number of alkyl halides is 1. The molecule has 1 fully saturated rings. The molecule has 5 nitrogen and oxygen atoms in total. The molecule has 0 radical (unpaired) electrons. The summed E-state index contributed by atoms with van der Waals surface area (Å²) in [5.41, 5.74) is 0.193. The number of hydrogen-bond donors (Lipinski definition) is 1. The van der Waals surface area contributed by atoms with Crippen LogP contribution in [0.25, 0.3) is 10.4 Å². The lowest BCUT2D eigenvalue weighted by atomic mass is 9.87. The van der Waals surface area contributed by atoms with Crippen molar-refractivity contribution in [1.29, 1.82) is 0 Å². The number of likely N-dealkylation sites (tertiary alicyclic amines) is 1. The molecule has 2 atom stereocenters. The maximum atomic E-state index is 15.4. The van der Waals surface area contributed by atoms with Crippen LogP contribution < -0.4 is 0 Å². The van der Waals surface area contributed by atoms with Gasteiger partial charge in [0, 0.05) is 59.0 Å². The second-order valence-electron chi connectivity index (χ2n) is 6.50. The van der Waals surface area contributed by atoms with E-state index in [2.05, 4.69) is 15.2 Å². The number of carbonyl (C=O) groups is 1. The molecule has 0 aromatic carbocycles. The lowest BCUT2D eigenvalue weighted by Crippen LogP contribution is -2.49. The second kappa shape index (κ2) is 6.92. The average molecular weight is 391 g/mol. The normalized spacial score (nSPS) is 23.3. The van der Waals surface area contributed by atoms with Crippen LogP contribution >= 0.6 is 22.7 Å². The Morgan fingerprint density at radius 1 is 1.50 bits per heavy atom. The molecule has 0 spiro atoms. The molecule has 8 heteroatoms. The van der Waals surface area contributed by atoms with E-state index in [1.54, 1.807) is 24.0 Å². The molecule has 3 aromatic rings. The average Bonchev–Trinajstić information content (AvgIpc) is 3.42. The van der Waals surface area contributed by atoms with Crippen molar-refractivity contribution in [2.45, 2.75) is 37.9 Å². The summed E-state index contributed by atoms with van der Waals surface area (Å²) in [6.45, 7) is 2.41. The molecule has 1 N–H and O–H groups in total. The number of carbonyl (C=O) groups excluding carboxylic acids is 1. The summed E-state index contributed by atoms with van der Waals surface area (Å²) in [5.74, 6) is -0.0240. The Balaban J connectivity index is 1.53. The number of amides is 1. The first-order chi connectivity index (χ1) is 12.6. The molecule has 3 aromatic heterocycles. The fraction of sp³-hybridized carbons (Fsp3) is 0.389. The molecule has 26 heavy (non-hydrogen) atoms. The number of hydrogen-bond acceptors (Lipinski definition) is 5. The van der Waals surface area contributed by atoms with E-state index in [9.17, 15) is 4.79 Å². The van der Waals surface area contributed by atoms with Gasteiger partial charge in [-0.2, -0.15) is 5.10 Å². The first kappa shape index (κ1) is 17.4. The van der Waals surface area contributed by atoms with Gasteiger partial charge in [0.25, 0.3) is 5.91 Å². The van der Waals surface area contributed by atoms with Gasteiger partial charge >= 0.3 is 0 Å². The van der Waals surface area contributed by atoms with Gasteiger partial charge in [-0.05, 0) is 12.5 Å². The lowest BCUT2D eigenvalue weighted by Gasteiger charge is -2.41. The number of thiazole rings is 1. The third kappa shape index (κ3) is 3.07. The molecule has 1 saturated heterocycles. The summed E-state index contributed by atoms with van der Waals surface area (Å²) in [5, 5.41) is 10.9.